The minimum Gasteiger partial charge on any atom is -0.481 e. The lowest BCUT2D eigenvalue weighted by molar-refractivity contribution is -0.120. The van der Waals surface area contributed by atoms with Gasteiger partial charge in [-0.1, -0.05) is 6.07 Å². The second-order valence-electron chi connectivity index (χ2n) is 3.27. The maximum absolute atomic E-state index is 11.1. The van der Waals surface area contributed by atoms with Gasteiger partial charge in [0.05, 0.1) is 13.7 Å². The number of carbonyl (C=O) groups excluding carboxylic acids is 1. The highest BCUT2D eigenvalue weighted by Gasteiger charge is 1.99. The molecule has 0 aliphatic rings. The van der Waals surface area contributed by atoms with Crippen molar-refractivity contribution in [2.24, 2.45) is 0 Å². The number of nitrogens with zero attached hydrogens (tertiary/aromatic N) is 1. The van der Waals surface area contributed by atoms with Crippen molar-refractivity contribution >= 4 is 5.91 Å². The molecule has 0 bridgehead atoms. The largest absolute Gasteiger partial charge is 0.481 e. The highest BCUT2D eigenvalue weighted by molar-refractivity contribution is 5.77. The molecule has 16 heavy (non-hydrogen) atoms. The molecule has 88 valence electrons. The van der Waals surface area contributed by atoms with E-state index in [9.17, 15) is 4.79 Å². The van der Waals surface area contributed by atoms with Crippen LogP contribution in [-0.2, 0) is 11.3 Å². The van der Waals surface area contributed by atoms with Crippen molar-refractivity contribution in [1.29, 1.82) is 0 Å². The van der Waals surface area contributed by atoms with Crippen LogP contribution in [-0.4, -0.2) is 31.1 Å². The highest BCUT2D eigenvalue weighted by Crippen LogP contribution is 2.05. The molecule has 1 amide bonds. The molecule has 1 aromatic rings. The van der Waals surface area contributed by atoms with Gasteiger partial charge >= 0.3 is 0 Å². The number of aromatic nitrogens is 1. The molecular weight excluding hydrogens is 206 g/mol. The molecule has 5 heteroatoms. The lowest BCUT2D eigenvalue weighted by Crippen LogP contribution is -2.33. The Morgan fingerprint density at radius 2 is 2.31 bits per heavy atom. The second-order valence-corrected chi connectivity index (χ2v) is 3.27. The first-order valence-electron chi connectivity index (χ1n) is 5.22. The number of nitrogens with one attached hydrogen (secondary N) is 2. The zero-order chi connectivity index (χ0) is 11.8. The molecule has 0 radical (unpaired) electrons. The summed E-state index contributed by atoms with van der Waals surface area (Å²) in [6.45, 7) is 3.49. The monoisotopic (exact) mass is 223 g/mol. The van der Waals surface area contributed by atoms with E-state index in [1.807, 2.05) is 13.0 Å². The quantitative estimate of drug-likeness (QED) is 0.729. The van der Waals surface area contributed by atoms with Gasteiger partial charge in [0.1, 0.15) is 0 Å². The van der Waals surface area contributed by atoms with Gasteiger partial charge in [-0.15, -0.1) is 0 Å². The summed E-state index contributed by atoms with van der Waals surface area (Å²) >= 11 is 0. The first-order chi connectivity index (χ1) is 7.76. The van der Waals surface area contributed by atoms with Gasteiger partial charge in [0.25, 0.3) is 0 Å². The molecule has 0 fully saturated rings. The van der Waals surface area contributed by atoms with Crippen molar-refractivity contribution < 1.29 is 9.53 Å². The highest BCUT2D eigenvalue weighted by atomic mass is 16.5. The van der Waals surface area contributed by atoms with E-state index in [2.05, 4.69) is 15.6 Å². The Morgan fingerprint density at radius 1 is 1.50 bits per heavy atom. The van der Waals surface area contributed by atoms with Gasteiger partial charge in [0.15, 0.2) is 0 Å². The molecule has 1 aromatic heterocycles. The average Bonchev–Trinajstić information content (AvgIpc) is 2.30. The Bertz CT molecular complexity index is 325. The van der Waals surface area contributed by atoms with Crippen LogP contribution < -0.4 is 15.4 Å². The molecule has 5 nitrogen and oxygen atoms in total. The van der Waals surface area contributed by atoms with E-state index >= 15 is 0 Å². The van der Waals surface area contributed by atoms with Crippen molar-refractivity contribution in [3.8, 4) is 5.88 Å². The van der Waals surface area contributed by atoms with E-state index in [4.69, 9.17) is 4.74 Å². The van der Waals surface area contributed by atoms with Crippen molar-refractivity contribution in [2.45, 2.75) is 13.5 Å². The number of methoxy groups -OCH3 is 1. The molecule has 1 rings (SSSR count). The van der Waals surface area contributed by atoms with Crippen LogP contribution >= 0.6 is 0 Å². The fourth-order valence-electron chi connectivity index (χ4n) is 1.22. The van der Waals surface area contributed by atoms with Gasteiger partial charge in [-0.2, -0.15) is 0 Å². The van der Waals surface area contributed by atoms with Crippen molar-refractivity contribution in [3.05, 3.63) is 23.9 Å². The van der Waals surface area contributed by atoms with Crippen molar-refractivity contribution in [2.75, 3.05) is 20.2 Å². The first-order valence-corrected chi connectivity index (χ1v) is 5.22. The van der Waals surface area contributed by atoms with Gasteiger partial charge in [-0.3, -0.25) is 4.79 Å². The molecule has 0 unspecified atom stereocenters. The first kappa shape index (κ1) is 12.4. The number of likely N-dealkylation sites (N-methyl/N-ethyl adjacent to an activating group) is 1. The molecule has 0 saturated heterocycles. The standard InChI is InChI=1S/C11H17N3O2/c1-3-13-10(15)8-12-6-9-4-5-11(16-2)14-7-9/h4-5,7,12H,3,6,8H2,1-2H3,(H,13,15). The minimum absolute atomic E-state index is 0.00368. The van der Waals surface area contributed by atoms with Gasteiger partial charge in [-0.25, -0.2) is 4.98 Å². The Balaban J connectivity index is 2.29. The lowest BCUT2D eigenvalue weighted by atomic mass is 10.3. The summed E-state index contributed by atoms with van der Waals surface area (Å²) in [6, 6.07) is 3.71. The average molecular weight is 223 g/mol. The van der Waals surface area contributed by atoms with Crippen LogP contribution in [0.3, 0.4) is 0 Å². The van der Waals surface area contributed by atoms with Gasteiger partial charge in [0, 0.05) is 25.4 Å². The molecular formula is C11H17N3O2. The van der Waals surface area contributed by atoms with E-state index in [-0.39, 0.29) is 5.91 Å². The molecule has 0 saturated carbocycles. The summed E-state index contributed by atoms with van der Waals surface area (Å²) in [6.07, 6.45) is 1.73. The van der Waals surface area contributed by atoms with Crippen LogP contribution in [0.4, 0.5) is 0 Å². The van der Waals surface area contributed by atoms with E-state index in [0.717, 1.165) is 5.56 Å². The number of amides is 1. The topological polar surface area (TPSA) is 63.2 Å². The van der Waals surface area contributed by atoms with Crippen LogP contribution in [0.1, 0.15) is 12.5 Å². The van der Waals surface area contributed by atoms with E-state index < -0.39 is 0 Å². The van der Waals surface area contributed by atoms with E-state index in [1.165, 1.54) is 0 Å². The molecule has 2 N–H and O–H groups in total. The summed E-state index contributed by atoms with van der Waals surface area (Å²) in [5.41, 5.74) is 1.02. The predicted molar refractivity (Wildman–Crippen MR) is 61.2 cm³/mol. The normalized spacial score (nSPS) is 9.88. The van der Waals surface area contributed by atoms with Crippen LogP contribution in [0.15, 0.2) is 18.3 Å². The van der Waals surface area contributed by atoms with E-state index in [0.29, 0.717) is 25.5 Å². The lowest BCUT2D eigenvalue weighted by Gasteiger charge is -2.05. The van der Waals surface area contributed by atoms with Crippen LogP contribution in [0.25, 0.3) is 0 Å². The number of carbonyl (C=O) groups is 1. The maximum Gasteiger partial charge on any atom is 0.233 e. The SMILES string of the molecule is CCNC(=O)CNCc1ccc(OC)nc1. The number of hydrogen-bond donors (Lipinski definition) is 2. The number of pyridine rings is 1. The second kappa shape index (κ2) is 6.79. The summed E-state index contributed by atoms with van der Waals surface area (Å²) in [5.74, 6) is 0.594. The molecule has 0 aliphatic carbocycles. The fourth-order valence-corrected chi connectivity index (χ4v) is 1.22. The third-order valence-electron chi connectivity index (χ3n) is 2.00. The number of rotatable bonds is 6. The number of hydrogen-bond acceptors (Lipinski definition) is 4. The minimum atomic E-state index is 0.00368. The molecule has 0 spiro atoms. The van der Waals surface area contributed by atoms with E-state index in [1.54, 1.807) is 19.4 Å². The summed E-state index contributed by atoms with van der Waals surface area (Å²) in [4.78, 5) is 15.2. The summed E-state index contributed by atoms with van der Waals surface area (Å²) in [7, 11) is 1.58. The molecule has 0 aliphatic heterocycles. The molecule has 1 heterocycles. The third kappa shape index (κ3) is 4.27. The Morgan fingerprint density at radius 3 is 2.88 bits per heavy atom. The van der Waals surface area contributed by atoms with Crippen LogP contribution in [0.2, 0.25) is 0 Å². The fraction of sp³-hybridized carbons (Fsp3) is 0.455. The predicted octanol–water partition coefficient (Wildman–Crippen LogP) is 0.316. The molecule has 0 atom stereocenters. The summed E-state index contributed by atoms with van der Waals surface area (Å²) < 4.78 is 4.95. The zero-order valence-electron chi connectivity index (χ0n) is 9.62. The molecule has 0 aromatic carbocycles. The maximum atomic E-state index is 11.1. The smallest absolute Gasteiger partial charge is 0.233 e. The third-order valence-corrected chi connectivity index (χ3v) is 2.00. The van der Waals surface area contributed by atoms with Gasteiger partial charge < -0.3 is 15.4 Å². The Labute approximate surface area is 95.2 Å². The van der Waals surface area contributed by atoms with Gasteiger partial charge in [-0.05, 0) is 12.5 Å². The van der Waals surface area contributed by atoms with Crippen molar-refractivity contribution in [3.63, 3.8) is 0 Å². The Hall–Kier alpha value is -1.62. The Kier molecular flexibility index (Phi) is 5.28. The summed E-state index contributed by atoms with van der Waals surface area (Å²) in [5, 5.41) is 5.74. The number of ether oxygens (including phenoxy) is 1. The van der Waals surface area contributed by atoms with Crippen molar-refractivity contribution in [1.82, 2.24) is 15.6 Å². The van der Waals surface area contributed by atoms with Crippen LogP contribution in [0, 0.1) is 0 Å². The zero-order valence-corrected chi connectivity index (χ0v) is 9.62. The van der Waals surface area contributed by atoms with Crippen LogP contribution in [0.5, 0.6) is 5.88 Å². The van der Waals surface area contributed by atoms with Gasteiger partial charge in [0.2, 0.25) is 11.8 Å².